The molecule has 0 spiro atoms. The Bertz CT molecular complexity index is 695. The molecular formula is C14H16N2O2S2. The Morgan fingerprint density at radius 1 is 1.25 bits per heavy atom. The van der Waals surface area contributed by atoms with Gasteiger partial charge in [0.25, 0.3) is 0 Å². The molecule has 1 aromatic carbocycles. The number of hydrogen-bond acceptors (Lipinski definition) is 4. The Hall–Kier alpha value is -1.21. The number of rotatable bonds is 5. The monoisotopic (exact) mass is 308 g/mol. The van der Waals surface area contributed by atoms with Crippen molar-refractivity contribution >= 4 is 21.4 Å². The maximum absolute atomic E-state index is 12.3. The van der Waals surface area contributed by atoms with Gasteiger partial charge in [0.2, 0.25) is 10.0 Å². The highest BCUT2D eigenvalue weighted by Crippen LogP contribution is 2.41. The molecule has 106 valence electrons. The highest BCUT2D eigenvalue weighted by atomic mass is 32.2. The number of thiophene rings is 1. The van der Waals surface area contributed by atoms with E-state index in [-0.39, 0.29) is 18.5 Å². The van der Waals surface area contributed by atoms with Gasteiger partial charge in [-0.05, 0) is 23.4 Å². The van der Waals surface area contributed by atoms with Crippen LogP contribution in [0.25, 0.3) is 0 Å². The van der Waals surface area contributed by atoms with Gasteiger partial charge in [0.1, 0.15) is 0 Å². The largest absolute Gasteiger partial charge is 0.326 e. The fourth-order valence-corrected chi connectivity index (χ4v) is 5.00. The molecule has 0 radical (unpaired) electrons. The predicted octanol–water partition coefficient (Wildman–Crippen LogP) is 2.04. The van der Waals surface area contributed by atoms with E-state index in [1.807, 2.05) is 30.3 Å². The van der Waals surface area contributed by atoms with Gasteiger partial charge in [-0.1, -0.05) is 30.3 Å². The van der Waals surface area contributed by atoms with Gasteiger partial charge in [-0.25, -0.2) is 13.1 Å². The van der Waals surface area contributed by atoms with E-state index in [9.17, 15) is 8.42 Å². The van der Waals surface area contributed by atoms with Crippen LogP contribution in [0.2, 0.25) is 0 Å². The standard InChI is InChI=1S/C14H16N2O2S2/c15-9-13-14(6-7-19-13)20(17,18)16-12-8-11(12)10-4-2-1-3-5-10/h1-7,11-12,16H,8-9,15H2. The lowest BCUT2D eigenvalue weighted by Gasteiger charge is -2.06. The van der Waals surface area contributed by atoms with Crippen molar-refractivity contribution in [2.75, 3.05) is 0 Å². The maximum Gasteiger partial charge on any atom is 0.241 e. The van der Waals surface area contributed by atoms with Crippen LogP contribution in [0.5, 0.6) is 0 Å². The van der Waals surface area contributed by atoms with Gasteiger partial charge in [0, 0.05) is 23.4 Å². The lowest BCUT2D eigenvalue weighted by atomic mass is 10.1. The van der Waals surface area contributed by atoms with Crippen molar-refractivity contribution < 1.29 is 8.42 Å². The summed E-state index contributed by atoms with van der Waals surface area (Å²) >= 11 is 1.38. The highest BCUT2D eigenvalue weighted by Gasteiger charge is 2.41. The van der Waals surface area contributed by atoms with Crippen LogP contribution in [0.4, 0.5) is 0 Å². The number of hydrogen-bond donors (Lipinski definition) is 2. The molecule has 1 heterocycles. The van der Waals surface area contributed by atoms with Crippen molar-refractivity contribution in [3.05, 3.63) is 52.2 Å². The third kappa shape index (κ3) is 2.64. The van der Waals surface area contributed by atoms with E-state index >= 15 is 0 Å². The minimum atomic E-state index is -3.46. The second-order valence-corrected chi connectivity index (χ2v) is 7.58. The van der Waals surface area contributed by atoms with E-state index in [4.69, 9.17) is 5.73 Å². The highest BCUT2D eigenvalue weighted by molar-refractivity contribution is 7.89. The van der Waals surface area contributed by atoms with Crippen LogP contribution in [0, 0.1) is 0 Å². The zero-order chi connectivity index (χ0) is 14.2. The molecule has 20 heavy (non-hydrogen) atoms. The van der Waals surface area contributed by atoms with Crippen LogP contribution in [-0.2, 0) is 16.6 Å². The molecule has 3 rings (SSSR count). The Balaban J connectivity index is 1.73. The summed E-state index contributed by atoms with van der Waals surface area (Å²) < 4.78 is 27.5. The molecule has 1 aliphatic carbocycles. The molecule has 3 N–H and O–H groups in total. The Morgan fingerprint density at radius 3 is 2.70 bits per heavy atom. The summed E-state index contributed by atoms with van der Waals surface area (Å²) in [6.45, 7) is 0.251. The summed E-state index contributed by atoms with van der Waals surface area (Å²) in [4.78, 5) is 1.03. The number of benzene rings is 1. The van der Waals surface area contributed by atoms with Crippen LogP contribution < -0.4 is 10.5 Å². The summed E-state index contributed by atoms with van der Waals surface area (Å²) in [6.07, 6.45) is 0.853. The van der Waals surface area contributed by atoms with Crippen molar-refractivity contribution in [3.63, 3.8) is 0 Å². The van der Waals surface area contributed by atoms with Gasteiger partial charge >= 0.3 is 0 Å². The van der Waals surface area contributed by atoms with Gasteiger partial charge in [-0.2, -0.15) is 0 Å². The van der Waals surface area contributed by atoms with Crippen molar-refractivity contribution in [1.82, 2.24) is 4.72 Å². The molecule has 1 saturated carbocycles. The first kappa shape index (κ1) is 13.8. The zero-order valence-electron chi connectivity index (χ0n) is 10.8. The molecule has 4 nitrogen and oxygen atoms in total. The molecule has 1 aliphatic rings. The van der Waals surface area contributed by atoms with Crippen LogP contribution in [-0.4, -0.2) is 14.5 Å². The number of nitrogens with two attached hydrogens (primary N) is 1. The maximum atomic E-state index is 12.3. The first-order valence-corrected chi connectivity index (χ1v) is 8.82. The summed E-state index contributed by atoms with van der Waals surface area (Å²) in [5.74, 6) is 0.283. The summed E-state index contributed by atoms with van der Waals surface area (Å²) in [7, 11) is -3.46. The van der Waals surface area contributed by atoms with Crippen LogP contribution in [0.1, 0.15) is 22.8 Å². The first-order chi connectivity index (χ1) is 9.62. The van der Waals surface area contributed by atoms with E-state index in [2.05, 4.69) is 4.72 Å². The van der Waals surface area contributed by atoms with Gasteiger partial charge < -0.3 is 5.73 Å². The molecule has 2 atom stereocenters. The fraction of sp³-hybridized carbons (Fsp3) is 0.286. The quantitative estimate of drug-likeness (QED) is 0.888. The fourth-order valence-electron chi connectivity index (χ4n) is 2.37. The Morgan fingerprint density at radius 2 is 2.00 bits per heavy atom. The van der Waals surface area contributed by atoms with Crippen LogP contribution >= 0.6 is 11.3 Å². The first-order valence-electron chi connectivity index (χ1n) is 6.45. The summed E-state index contributed by atoms with van der Waals surface area (Å²) in [5.41, 5.74) is 6.76. The number of sulfonamides is 1. The Labute approximate surface area is 122 Å². The Kier molecular flexibility index (Phi) is 3.64. The van der Waals surface area contributed by atoms with Crippen LogP contribution in [0.15, 0.2) is 46.7 Å². The third-order valence-electron chi connectivity index (χ3n) is 3.50. The van der Waals surface area contributed by atoms with Crippen LogP contribution in [0.3, 0.4) is 0 Å². The van der Waals surface area contributed by atoms with Crippen molar-refractivity contribution in [2.24, 2.45) is 5.73 Å². The van der Waals surface area contributed by atoms with E-state index in [1.54, 1.807) is 11.4 Å². The smallest absolute Gasteiger partial charge is 0.241 e. The molecule has 0 saturated heterocycles. The average molecular weight is 308 g/mol. The third-order valence-corrected chi connectivity index (χ3v) is 6.15. The lowest BCUT2D eigenvalue weighted by Crippen LogP contribution is -2.27. The SMILES string of the molecule is NCc1sccc1S(=O)(=O)NC1CC1c1ccccc1. The predicted molar refractivity (Wildman–Crippen MR) is 80.1 cm³/mol. The van der Waals surface area contributed by atoms with Gasteiger partial charge in [0.05, 0.1) is 4.90 Å². The number of nitrogens with one attached hydrogen (secondary N) is 1. The molecule has 2 aromatic rings. The molecule has 6 heteroatoms. The van der Waals surface area contributed by atoms with Gasteiger partial charge in [0.15, 0.2) is 0 Å². The normalized spacial score (nSPS) is 21.9. The molecule has 1 aromatic heterocycles. The molecule has 1 fully saturated rings. The second-order valence-electron chi connectivity index (χ2n) is 4.89. The minimum absolute atomic E-state index is 0.00655. The molecule has 0 bridgehead atoms. The van der Waals surface area contributed by atoms with Gasteiger partial charge in [-0.15, -0.1) is 11.3 Å². The van der Waals surface area contributed by atoms with Gasteiger partial charge in [-0.3, -0.25) is 0 Å². The summed E-state index contributed by atoms with van der Waals surface area (Å²) in [6, 6.07) is 11.6. The molecule has 0 aliphatic heterocycles. The molecule has 2 unspecified atom stereocenters. The topological polar surface area (TPSA) is 72.2 Å². The summed E-state index contributed by atoms with van der Waals surface area (Å²) in [5, 5.41) is 1.76. The van der Waals surface area contributed by atoms with E-state index in [1.165, 1.54) is 16.9 Å². The molecule has 0 amide bonds. The second kappa shape index (κ2) is 5.29. The lowest BCUT2D eigenvalue weighted by molar-refractivity contribution is 0.579. The van der Waals surface area contributed by atoms with E-state index in [0.29, 0.717) is 9.77 Å². The minimum Gasteiger partial charge on any atom is -0.326 e. The zero-order valence-corrected chi connectivity index (χ0v) is 12.5. The van der Waals surface area contributed by atoms with E-state index < -0.39 is 10.0 Å². The molecular weight excluding hydrogens is 292 g/mol. The van der Waals surface area contributed by atoms with E-state index in [0.717, 1.165) is 6.42 Å². The van der Waals surface area contributed by atoms with Crippen molar-refractivity contribution in [3.8, 4) is 0 Å². The van der Waals surface area contributed by atoms with Crippen molar-refractivity contribution in [2.45, 2.75) is 29.8 Å². The average Bonchev–Trinajstić information content (AvgIpc) is 3.02. The van der Waals surface area contributed by atoms with Crippen molar-refractivity contribution in [1.29, 1.82) is 0 Å².